The highest BCUT2D eigenvalue weighted by molar-refractivity contribution is 5.16. The molecule has 0 atom stereocenters. The van der Waals surface area contributed by atoms with E-state index in [2.05, 4.69) is 48.2 Å². The van der Waals surface area contributed by atoms with Crippen LogP contribution < -0.4 is 5.32 Å². The fraction of sp³-hybridized carbons (Fsp3) is 0.824. The summed E-state index contributed by atoms with van der Waals surface area (Å²) in [5.74, 6) is 0. The van der Waals surface area contributed by atoms with Gasteiger partial charge in [0.25, 0.3) is 0 Å². The lowest BCUT2D eigenvalue weighted by atomic mass is 9.74. The van der Waals surface area contributed by atoms with Gasteiger partial charge in [-0.1, -0.05) is 20.8 Å². The summed E-state index contributed by atoms with van der Waals surface area (Å²) < 4.78 is 2.51. The average molecular weight is 275 g/mol. The number of nitrogens with zero attached hydrogens (tertiary/aromatic N) is 2. The Balaban J connectivity index is 1.80. The smallest absolute Gasteiger partial charge is 0.0950 e. The Kier molecular flexibility index (Phi) is 3.65. The predicted molar refractivity (Wildman–Crippen MR) is 83.0 cm³/mol. The monoisotopic (exact) mass is 275 g/mol. The van der Waals surface area contributed by atoms with Gasteiger partial charge in [0.2, 0.25) is 0 Å². The number of hydrogen-bond acceptors (Lipinski definition) is 2. The standard InChI is InChI=1S/C17H29N3/c1-16(2)6-4-14(5-7-16)20-13-19-12-15(20)17(3)8-10-18-11-9-17/h12-14,18H,4-11H2,1-3H3. The highest BCUT2D eigenvalue weighted by atomic mass is 15.1. The zero-order valence-electron chi connectivity index (χ0n) is 13.3. The van der Waals surface area contributed by atoms with Gasteiger partial charge in [0, 0.05) is 23.3 Å². The third-order valence-corrected chi connectivity index (χ3v) is 5.69. The maximum atomic E-state index is 4.50. The summed E-state index contributed by atoms with van der Waals surface area (Å²) in [6.45, 7) is 9.52. The van der Waals surface area contributed by atoms with Crippen molar-refractivity contribution in [1.82, 2.24) is 14.9 Å². The molecule has 1 N–H and O–H groups in total. The van der Waals surface area contributed by atoms with Gasteiger partial charge in [-0.2, -0.15) is 0 Å². The second-order valence-electron chi connectivity index (χ2n) is 7.89. The van der Waals surface area contributed by atoms with Crippen molar-refractivity contribution in [2.75, 3.05) is 13.1 Å². The molecule has 1 aliphatic carbocycles. The van der Waals surface area contributed by atoms with Gasteiger partial charge in [-0.25, -0.2) is 4.98 Å². The van der Waals surface area contributed by atoms with Crippen molar-refractivity contribution >= 4 is 0 Å². The summed E-state index contributed by atoms with van der Waals surface area (Å²) in [6, 6.07) is 0.673. The summed E-state index contributed by atoms with van der Waals surface area (Å²) >= 11 is 0. The zero-order chi connectivity index (χ0) is 14.2. The molecule has 0 bridgehead atoms. The van der Waals surface area contributed by atoms with Crippen LogP contribution in [-0.4, -0.2) is 22.6 Å². The van der Waals surface area contributed by atoms with Crippen molar-refractivity contribution in [2.24, 2.45) is 5.41 Å². The minimum absolute atomic E-state index is 0.314. The van der Waals surface area contributed by atoms with Gasteiger partial charge in [0.15, 0.2) is 0 Å². The largest absolute Gasteiger partial charge is 0.331 e. The van der Waals surface area contributed by atoms with E-state index >= 15 is 0 Å². The highest BCUT2D eigenvalue weighted by Gasteiger charge is 2.35. The summed E-state index contributed by atoms with van der Waals surface area (Å²) in [4.78, 5) is 4.50. The van der Waals surface area contributed by atoms with Crippen LogP contribution in [0.2, 0.25) is 0 Å². The Morgan fingerprint density at radius 3 is 2.40 bits per heavy atom. The maximum Gasteiger partial charge on any atom is 0.0950 e. The van der Waals surface area contributed by atoms with Crippen LogP contribution in [0.4, 0.5) is 0 Å². The molecule has 0 unspecified atom stereocenters. The van der Waals surface area contributed by atoms with Crippen molar-refractivity contribution in [3.05, 3.63) is 18.2 Å². The first-order valence-corrected chi connectivity index (χ1v) is 8.23. The van der Waals surface area contributed by atoms with Crippen LogP contribution in [0.3, 0.4) is 0 Å². The molecular weight excluding hydrogens is 246 g/mol. The van der Waals surface area contributed by atoms with Gasteiger partial charge in [-0.05, 0) is 57.0 Å². The molecule has 3 rings (SSSR count). The molecular formula is C17H29N3. The first kappa shape index (κ1) is 14.1. The average Bonchev–Trinajstić information content (AvgIpc) is 2.89. The molecule has 20 heavy (non-hydrogen) atoms. The third-order valence-electron chi connectivity index (χ3n) is 5.69. The van der Waals surface area contributed by atoms with E-state index in [-0.39, 0.29) is 0 Å². The van der Waals surface area contributed by atoms with Gasteiger partial charge >= 0.3 is 0 Å². The van der Waals surface area contributed by atoms with Gasteiger partial charge in [0.05, 0.1) is 6.33 Å². The van der Waals surface area contributed by atoms with Crippen molar-refractivity contribution in [3.63, 3.8) is 0 Å². The number of nitrogens with one attached hydrogen (secondary N) is 1. The zero-order valence-corrected chi connectivity index (χ0v) is 13.3. The van der Waals surface area contributed by atoms with Crippen LogP contribution in [0.1, 0.15) is 71.0 Å². The fourth-order valence-electron chi connectivity index (χ4n) is 3.96. The molecule has 3 nitrogen and oxygen atoms in total. The van der Waals surface area contributed by atoms with Crippen molar-refractivity contribution in [1.29, 1.82) is 0 Å². The van der Waals surface area contributed by atoms with Crippen LogP contribution in [0, 0.1) is 5.41 Å². The topological polar surface area (TPSA) is 29.9 Å². The van der Waals surface area contributed by atoms with Crippen LogP contribution in [0.15, 0.2) is 12.5 Å². The molecule has 112 valence electrons. The molecule has 1 aliphatic heterocycles. The SMILES string of the molecule is CC1(C)CCC(n2cncc2C2(C)CCNCC2)CC1. The van der Waals surface area contributed by atoms with E-state index in [0.29, 0.717) is 16.9 Å². The maximum absolute atomic E-state index is 4.50. The van der Waals surface area contributed by atoms with Crippen molar-refractivity contribution < 1.29 is 0 Å². The summed E-state index contributed by atoms with van der Waals surface area (Å²) in [7, 11) is 0. The van der Waals surface area contributed by atoms with Crippen molar-refractivity contribution in [2.45, 2.75) is 70.8 Å². The minimum atomic E-state index is 0.314. The normalized spacial score (nSPS) is 26.6. The molecule has 1 saturated carbocycles. The van der Waals surface area contributed by atoms with Crippen LogP contribution in [-0.2, 0) is 5.41 Å². The van der Waals surface area contributed by atoms with E-state index in [1.165, 1.54) is 44.2 Å². The number of imidazole rings is 1. The Bertz CT molecular complexity index is 445. The molecule has 0 aromatic carbocycles. The number of piperidine rings is 1. The van der Waals surface area contributed by atoms with Gasteiger partial charge in [-0.15, -0.1) is 0 Å². The molecule has 2 fully saturated rings. The highest BCUT2D eigenvalue weighted by Crippen LogP contribution is 2.42. The molecule has 3 heteroatoms. The van der Waals surface area contributed by atoms with Crippen molar-refractivity contribution in [3.8, 4) is 0 Å². The fourth-order valence-corrected chi connectivity index (χ4v) is 3.96. The number of aromatic nitrogens is 2. The Labute approximate surface area is 123 Å². The van der Waals surface area contributed by atoms with E-state index in [1.54, 1.807) is 0 Å². The van der Waals surface area contributed by atoms with Crippen LogP contribution in [0.25, 0.3) is 0 Å². The third kappa shape index (κ3) is 2.65. The first-order chi connectivity index (χ1) is 9.50. The summed E-state index contributed by atoms with van der Waals surface area (Å²) in [5.41, 5.74) is 2.33. The molecule has 1 aromatic heterocycles. The second-order valence-corrected chi connectivity index (χ2v) is 7.89. The molecule has 0 spiro atoms. The first-order valence-electron chi connectivity index (χ1n) is 8.23. The molecule has 2 heterocycles. The molecule has 1 aromatic rings. The molecule has 2 aliphatic rings. The lowest BCUT2D eigenvalue weighted by molar-refractivity contribution is 0.186. The van der Waals surface area contributed by atoms with E-state index in [4.69, 9.17) is 0 Å². The lowest BCUT2D eigenvalue weighted by Gasteiger charge is -2.39. The van der Waals surface area contributed by atoms with Gasteiger partial charge in [-0.3, -0.25) is 0 Å². The Morgan fingerprint density at radius 2 is 1.75 bits per heavy atom. The van der Waals surface area contributed by atoms with E-state index in [1.807, 2.05) is 0 Å². The summed E-state index contributed by atoms with van der Waals surface area (Å²) in [6.07, 6.45) is 12.0. The van der Waals surface area contributed by atoms with E-state index in [0.717, 1.165) is 13.1 Å². The Hall–Kier alpha value is -0.830. The number of hydrogen-bond donors (Lipinski definition) is 1. The van der Waals surface area contributed by atoms with Crippen LogP contribution in [0.5, 0.6) is 0 Å². The lowest BCUT2D eigenvalue weighted by Crippen LogP contribution is -2.39. The summed E-state index contributed by atoms with van der Waals surface area (Å²) in [5, 5.41) is 3.48. The van der Waals surface area contributed by atoms with E-state index < -0.39 is 0 Å². The molecule has 0 amide bonds. The van der Waals surface area contributed by atoms with E-state index in [9.17, 15) is 0 Å². The molecule has 1 saturated heterocycles. The molecule has 0 radical (unpaired) electrons. The minimum Gasteiger partial charge on any atom is -0.331 e. The predicted octanol–water partition coefficient (Wildman–Crippen LogP) is 3.67. The Morgan fingerprint density at radius 1 is 1.10 bits per heavy atom. The van der Waals surface area contributed by atoms with Gasteiger partial charge < -0.3 is 9.88 Å². The second kappa shape index (κ2) is 5.18. The quantitative estimate of drug-likeness (QED) is 0.892. The van der Waals surface area contributed by atoms with Gasteiger partial charge in [0.1, 0.15) is 0 Å². The number of rotatable bonds is 2. The van der Waals surface area contributed by atoms with Crippen LogP contribution >= 0.6 is 0 Å².